The summed E-state index contributed by atoms with van der Waals surface area (Å²) in [6, 6.07) is 0. The Bertz CT molecular complexity index is 396. The number of hydrogen-bond donors (Lipinski definition) is 2. The second kappa shape index (κ2) is 5.48. The lowest BCUT2D eigenvalue weighted by Crippen LogP contribution is -2.53. The van der Waals surface area contributed by atoms with Crippen LogP contribution >= 0.6 is 11.3 Å². The third-order valence-electron chi connectivity index (χ3n) is 2.80. The third-order valence-corrected chi connectivity index (χ3v) is 3.72. The molecule has 1 unspecified atom stereocenters. The summed E-state index contributed by atoms with van der Waals surface area (Å²) >= 11 is 1.56. The zero-order chi connectivity index (χ0) is 13.2. The molecule has 0 spiro atoms. The maximum absolute atomic E-state index is 9.26. The number of rotatable bonds is 4. The van der Waals surface area contributed by atoms with Crippen LogP contribution in [0.1, 0.15) is 18.9 Å². The Labute approximate surface area is 111 Å². The van der Waals surface area contributed by atoms with Gasteiger partial charge in [-0.05, 0) is 13.8 Å². The van der Waals surface area contributed by atoms with Crippen molar-refractivity contribution >= 4 is 16.5 Å². The van der Waals surface area contributed by atoms with Gasteiger partial charge < -0.3 is 15.2 Å². The standard InChI is InChI=1S/C11H20N4O2S/c1-11(2)7-15(4-8(6-16)17-11)5-9-13-14-10(12-3)18-9/h8,16H,4-7H2,1-3H3,(H,12,14). The summed E-state index contributed by atoms with van der Waals surface area (Å²) in [7, 11) is 1.84. The maximum Gasteiger partial charge on any atom is 0.205 e. The molecule has 2 N–H and O–H groups in total. The lowest BCUT2D eigenvalue weighted by Gasteiger charge is -2.41. The maximum atomic E-state index is 9.26. The largest absolute Gasteiger partial charge is 0.394 e. The summed E-state index contributed by atoms with van der Waals surface area (Å²) in [5, 5.41) is 22.2. The highest BCUT2D eigenvalue weighted by Gasteiger charge is 2.33. The molecule has 1 aromatic rings. The first-order valence-electron chi connectivity index (χ1n) is 6.03. The van der Waals surface area contributed by atoms with Gasteiger partial charge in [0.2, 0.25) is 5.13 Å². The minimum Gasteiger partial charge on any atom is -0.394 e. The van der Waals surface area contributed by atoms with E-state index in [0.717, 1.165) is 29.8 Å². The van der Waals surface area contributed by atoms with E-state index in [1.807, 2.05) is 20.9 Å². The molecule has 102 valence electrons. The number of morpholine rings is 1. The first-order chi connectivity index (χ1) is 8.52. The SMILES string of the molecule is CNc1nnc(CN2CC(CO)OC(C)(C)C2)s1. The van der Waals surface area contributed by atoms with E-state index in [0.29, 0.717) is 0 Å². The van der Waals surface area contributed by atoms with Crippen molar-refractivity contribution in [3.05, 3.63) is 5.01 Å². The average Bonchev–Trinajstić information content (AvgIpc) is 2.74. The van der Waals surface area contributed by atoms with Gasteiger partial charge in [-0.3, -0.25) is 4.90 Å². The Balaban J connectivity index is 1.99. The van der Waals surface area contributed by atoms with E-state index in [1.54, 1.807) is 11.3 Å². The fraction of sp³-hybridized carbons (Fsp3) is 0.818. The van der Waals surface area contributed by atoms with Crippen molar-refractivity contribution < 1.29 is 9.84 Å². The van der Waals surface area contributed by atoms with Gasteiger partial charge in [0, 0.05) is 20.1 Å². The zero-order valence-corrected chi connectivity index (χ0v) is 11.8. The molecule has 0 amide bonds. The molecule has 1 atom stereocenters. The lowest BCUT2D eigenvalue weighted by atomic mass is 10.1. The first kappa shape index (κ1) is 13.7. The van der Waals surface area contributed by atoms with E-state index in [4.69, 9.17) is 4.74 Å². The number of aliphatic hydroxyl groups is 1. The molecule has 0 saturated carbocycles. The quantitative estimate of drug-likeness (QED) is 0.834. The molecule has 0 aliphatic carbocycles. The highest BCUT2D eigenvalue weighted by Crippen LogP contribution is 2.23. The van der Waals surface area contributed by atoms with E-state index in [2.05, 4.69) is 20.4 Å². The predicted molar refractivity (Wildman–Crippen MR) is 70.8 cm³/mol. The van der Waals surface area contributed by atoms with Crippen LogP contribution in [0.15, 0.2) is 0 Å². The molecular formula is C11H20N4O2S. The third kappa shape index (κ3) is 3.38. The highest BCUT2D eigenvalue weighted by atomic mass is 32.1. The van der Waals surface area contributed by atoms with Crippen LogP contribution in [0.5, 0.6) is 0 Å². The molecule has 0 aromatic carbocycles. The zero-order valence-electron chi connectivity index (χ0n) is 11.0. The number of nitrogens with one attached hydrogen (secondary N) is 1. The average molecular weight is 272 g/mol. The number of ether oxygens (including phenoxy) is 1. The van der Waals surface area contributed by atoms with Gasteiger partial charge in [-0.15, -0.1) is 10.2 Å². The molecule has 1 aliphatic heterocycles. The number of aromatic nitrogens is 2. The highest BCUT2D eigenvalue weighted by molar-refractivity contribution is 7.15. The van der Waals surface area contributed by atoms with E-state index in [-0.39, 0.29) is 18.3 Å². The summed E-state index contributed by atoms with van der Waals surface area (Å²) < 4.78 is 5.78. The molecule has 0 bridgehead atoms. The van der Waals surface area contributed by atoms with Crippen LogP contribution in [0.25, 0.3) is 0 Å². The van der Waals surface area contributed by atoms with Crippen molar-refractivity contribution in [2.24, 2.45) is 0 Å². The normalized spacial score (nSPS) is 24.1. The van der Waals surface area contributed by atoms with Crippen molar-refractivity contribution in [1.29, 1.82) is 0 Å². The molecule has 1 saturated heterocycles. The lowest BCUT2D eigenvalue weighted by molar-refractivity contribution is -0.150. The molecule has 1 aliphatic rings. The first-order valence-corrected chi connectivity index (χ1v) is 6.85. The van der Waals surface area contributed by atoms with Gasteiger partial charge >= 0.3 is 0 Å². The number of aliphatic hydroxyl groups excluding tert-OH is 1. The van der Waals surface area contributed by atoms with Crippen LogP contribution in [0.2, 0.25) is 0 Å². The van der Waals surface area contributed by atoms with Crippen molar-refractivity contribution in [2.45, 2.75) is 32.1 Å². The second-order valence-corrected chi connectivity index (χ2v) is 6.16. The second-order valence-electron chi connectivity index (χ2n) is 5.10. The molecule has 0 radical (unpaired) electrons. The van der Waals surface area contributed by atoms with Gasteiger partial charge in [0.05, 0.1) is 24.9 Å². The number of nitrogens with zero attached hydrogens (tertiary/aromatic N) is 3. The Morgan fingerprint density at radius 2 is 2.33 bits per heavy atom. The molecular weight excluding hydrogens is 252 g/mol. The topological polar surface area (TPSA) is 70.5 Å². The van der Waals surface area contributed by atoms with Gasteiger partial charge in [-0.1, -0.05) is 11.3 Å². The minimum absolute atomic E-state index is 0.0534. The molecule has 1 fully saturated rings. The molecule has 18 heavy (non-hydrogen) atoms. The summed E-state index contributed by atoms with van der Waals surface area (Å²) in [6.07, 6.45) is -0.120. The van der Waals surface area contributed by atoms with Crippen LogP contribution in [0, 0.1) is 0 Å². The van der Waals surface area contributed by atoms with Crippen LogP contribution in [0.4, 0.5) is 5.13 Å². The van der Waals surface area contributed by atoms with Crippen molar-refractivity contribution in [1.82, 2.24) is 15.1 Å². The fourth-order valence-electron chi connectivity index (χ4n) is 2.24. The molecule has 6 nitrogen and oxygen atoms in total. The number of hydrogen-bond acceptors (Lipinski definition) is 7. The van der Waals surface area contributed by atoms with Gasteiger partial charge in [0.25, 0.3) is 0 Å². The Morgan fingerprint density at radius 3 is 2.94 bits per heavy atom. The van der Waals surface area contributed by atoms with Gasteiger partial charge in [0.15, 0.2) is 0 Å². The van der Waals surface area contributed by atoms with Crippen molar-refractivity contribution in [3.63, 3.8) is 0 Å². The fourth-order valence-corrected chi connectivity index (χ4v) is 2.98. The smallest absolute Gasteiger partial charge is 0.205 e. The van der Waals surface area contributed by atoms with E-state index in [9.17, 15) is 5.11 Å². The minimum atomic E-state index is -0.234. The summed E-state index contributed by atoms with van der Waals surface area (Å²) in [5.74, 6) is 0. The van der Waals surface area contributed by atoms with Gasteiger partial charge in [0.1, 0.15) is 5.01 Å². The van der Waals surface area contributed by atoms with Crippen LogP contribution in [0.3, 0.4) is 0 Å². The predicted octanol–water partition coefficient (Wildman–Crippen LogP) is 0.551. The Morgan fingerprint density at radius 1 is 1.56 bits per heavy atom. The van der Waals surface area contributed by atoms with Crippen LogP contribution in [-0.2, 0) is 11.3 Å². The van der Waals surface area contributed by atoms with Gasteiger partial charge in [-0.2, -0.15) is 0 Å². The number of anilines is 1. The molecule has 2 rings (SSSR count). The molecule has 7 heteroatoms. The molecule has 2 heterocycles. The summed E-state index contributed by atoms with van der Waals surface area (Å²) in [6.45, 7) is 6.45. The van der Waals surface area contributed by atoms with Crippen LogP contribution in [-0.4, -0.2) is 58.7 Å². The Hall–Kier alpha value is -0.760. The van der Waals surface area contributed by atoms with Crippen molar-refractivity contribution in [3.8, 4) is 0 Å². The van der Waals surface area contributed by atoms with Gasteiger partial charge in [-0.25, -0.2) is 0 Å². The molecule has 1 aromatic heterocycles. The summed E-state index contributed by atoms with van der Waals surface area (Å²) in [5.41, 5.74) is -0.234. The Kier molecular flexibility index (Phi) is 4.16. The van der Waals surface area contributed by atoms with E-state index < -0.39 is 0 Å². The van der Waals surface area contributed by atoms with Crippen molar-refractivity contribution in [2.75, 3.05) is 32.1 Å². The summed E-state index contributed by atoms with van der Waals surface area (Å²) in [4.78, 5) is 2.25. The van der Waals surface area contributed by atoms with E-state index in [1.165, 1.54) is 0 Å². The van der Waals surface area contributed by atoms with Crippen LogP contribution < -0.4 is 5.32 Å². The monoisotopic (exact) mass is 272 g/mol. The van der Waals surface area contributed by atoms with E-state index >= 15 is 0 Å².